The van der Waals surface area contributed by atoms with Crippen LogP contribution >= 0.6 is 0 Å². The lowest BCUT2D eigenvalue weighted by Gasteiger charge is -2.21. The van der Waals surface area contributed by atoms with Gasteiger partial charge in [-0.15, -0.1) is 0 Å². The summed E-state index contributed by atoms with van der Waals surface area (Å²) in [5.74, 6) is -1.02. The molecule has 0 aliphatic heterocycles. The molecule has 0 aliphatic rings. The highest BCUT2D eigenvalue weighted by molar-refractivity contribution is 5.98. The standard InChI is InChI=1S/C23H28N2O6/c1-14(2)21(25-22(27)16-10-18(29-4)12-19(11-16)30-5)23(28)31-13-20(26)24-17-8-6-15(3)7-9-17/h6-12,14,21H,13H2,1-5H3,(H,24,26)(H,25,27). The molecule has 0 bridgehead atoms. The van der Waals surface area contributed by atoms with Crippen molar-refractivity contribution in [2.45, 2.75) is 26.8 Å². The van der Waals surface area contributed by atoms with Crippen molar-refractivity contribution in [2.24, 2.45) is 5.92 Å². The zero-order valence-electron chi connectivity index (χ0n) is 18.4. The summed E-state index contributed by atoms with van der Waals surface area (Å²) in [5.41, 5.74) is 1.94. The monoisotopic (exact) mass is 428 g/mol. The zero-order valence-corrected chi connectivity index (χ0v) is 18.4. The van der Waals surface area contributed by atoms with Crippen molar-refractivity contribution >= 4 is 23.5 Å². The number of methoxy groups -OCH3 is 2. The van der Waals surface area contributed by atoms with E-state index < -0.39 is 30.4 Å². The zero-order chi connectivity index (χ0) is 23.0. The SMILES string of the molecule is COc1cc(OC)cc(C(=O)NC(C(=O)OCC(=O)Nc2ccc(C)cc2)C(C)C)c1. The average molecular weight is 428 g/mol. The summed E-state index contributed by atoms with van der Waals surface area (Å²) >= 11 is 0. The van der Waals surface area contributed by atoms with Crippen LogP contribution in [0.4, 0.5) is 5.69 Å². The van der Waals surface area contributed by atoms with Gasteiger partial charge in [0.05, 0.1) is 14.2 Å². The summed E-state index contributed by atoms with van der Waals surface area (Å²) in [7, 11) is 2.96. The van der Waals surface area contributed by atoms with E-state index in [0.717, 1.165) is 5.56 Å². The number of rotatable bonds is 9. The molecule has 0 heterocycles. The molecule has 0 saturated carbocycles. The minimum absolute atomic E-state index is 0.260. The van der Waals surface area contributed by atoms with Crippen LogP contribution in [0.25, 0.3) is 0 Å². The van der Waals surface area contributed by atoms with Crippen molar-refractivity contribution in [3.8, 4) is 11.5 Å². The average Bonchev–Trinajstić information content (AvgIpc) is 2.76. The van der Waals surface area contributed by atoms with Gasteiger partial charge in [-0.25, -0.2) is 4.79 Å². The lowest BCUT2D eigenvalue weighted by molar-refractivity contribution is -0.150. The highest BCUT2D eigenvalue weighted by Crippen LogP contribution is 2.22. The topological polar surface area (TPSA) is 103 Å². The maximum absolute atomic E-state index is 12.7. The largest absolute Gasteiger partial charge is 0.497 e. The Hall–Kier alpha value is -3.55. The number of hydrogen-bond acceptors (Lipinski definition) is 6. The summed E-state index contributed by atoms with van der Waals surface area (Å²) in [6, 6.07) is 11.0. The molecule has 2 aromatic rings. The molecular formula is C23H28N2O6. The quantitative estimate of drug-likeness (QED) is 0.596. The molecule has 0 fully saturated rings. The van der Waals surface area contributed by atoms with Crippen molar-refractivity contribution in [1.82, 2.24) is 5.32 Å². The maximum Gasteiger partial charge on any atom is 0.329 e. The van der Waals surface area contributed by atoms with E-state index in [1.165, 1.54) is 26.4 Å². The Morgan fingerprint density at radius 3 is 2.03 bits per heavy atom. The van der Waals surface area contributed by atoms with Crippen LogP contribution in [0.3, 0.4) is 0 Å². The minimum Gasteiger partial charge on any atom is -0.497 e. The Balaban J connectivity index is 1.99. The third-order valence-electron chi connectivity index (χ3n) is 4.50. The molecule has 2 amide bonds. The number of hydrogen-bond donors (Lipinski definition) is 2. The number of benzene rings is 2. The maximum atomic E-state index is 12.7. The van der Waals surface area contributed by atoms with E-state index in [0.29, 0.717) is 17.2 Å². The molecule has 2 aromatic carbocycles. The fourth-order valence-electron chi connectivity index (χ4n) is 2.72. The van der Waals surface area contributed by atoms with Crippen molar-refractivity contribution in [3.05, 3.63) is 53.6 Å². The summed E-state index contributed by atoms with van der Waals surface area (Å²) in [5, 5.41) is 5.31. The first-order chi connectivity index (χ1) is 14.7. The van der Waals surface area contributed by atoms with Crippen LogP contribution < -0.4 is 20.1 Å². The number of amides is 2. The van der Waals surface area contributed by atoms with E-state index in [4.69, 9.17) is 14.2 Å². The molecule has 8 heteroatoms. The van der Waals surface area contributed by atoms with Gasteiger partial charge in [-0.05, 0) is 37.1 Å². The highest BCUT2D eigenvalue weighted by Gasteiger charge is 2.27. The number of carbonyl (C=O) groups is 3. The molecule has 0 aliphatic carbocycles. The minimum atomic E-state index is -0.933. The summed E-state index contributed by atoms with van der Waals surface area (Å²) in [4.78, 5) is 37.3. The molecule has 8 nitrogen and oxygen atoms in total. The molecule has 0 spiro atoms. The third-order valence-corrected chi connectivity index (χ3v) is 4.50. The van der Waals surface area contributed by atoms with E-state index in [2.05, 4.69) is 10.6 Å². The van der Waals surface area contributed by atoms with Gasteiger partial charge in [-0.1, -0.05) is 31.5 Å². The fraction of sp³-hybridized carbons (Fsp3) is 0.348. The van der Waals surface area contributed by atoms with E-state index in [1.54, 1.807) is 32.0 Å². The van der Waals surface area contributed by atoms with Gasteiger partial charge >= 0.3 is 5.97 Å². The molecule has 166 valence electrons. The Labute approximate surface area is 181 Å². The molecule has 0 aromatic heterocycles. The van der Waals surface area contributed by atoms with Crippen LogP contribution in [0.2, 0.25) is 0 Å². The fourth-order valence-corrected chi connectivity index (χ4v) is 2.72. The number of esters is 1. The number of carbonyl (C=O) groups excluding carboxylic acids is 3. The van der Waals surface area contributed by atoms with E-state index >= 15 is 0 Å². The van der Waals surface area contributed by atoms with Gasteiger partial charge in [0.2, 0.25) is 0 Å². The van der Waals surface area contributed by atoms with Crippen LogP contribution in [-0.2, 0) is 14.3 Å². The first-order valence-corrected chi connectivity index (χ1v) is 9.80. The van der Waals surface area contributed by atoms with Crippen LogP contribution in [-0.4, -0.2) is 44.7 Å². The molecule has 2 N–H and O–H groups in total. The van der Waals surface area contributed by atoms with Gasteiger partial charge in [-0.2, -0.15) is 0 Å². The smallest absolute Gasteiger partial charge is 0.329 e. The molecule has 1 unspecified atom stereocenters. The van der Waals surface area contributed by atoms with Crippen LogP contribution in [0.1, 0.15) is 29.8 Å². The lowest BCUT2D eigenvalue weighted by atomic mass is 10.0. The van der Waals surface area contributed by atoms with Crippen molar-refractivity contribution in [3.63, 3.8) is 0 Å². The van der Waals surface area contributed by atoms with E-state index in [-0.39, 0.29) is 11.5 Å². The Kier molecular flexibility index (Phi) is 8.43. The van der Waals surface area contributed by atoms with E-state index in [9.17, 15) is 14.4 Å². The molecule has 1 atom stereocenters. The van der Waals surface area contributed by atoms with E-state index in [1.807, 2.05) is 19.1 Å². The van der Waals surface area contributed by atoms with Crippen molar-refractivity contribution < 1.29 is 28.6 Å². The van der Waals surface area contributed by atoms with Gasteiger partial charge in [-0.3, -0.25) is 9.59 Å². The van der Waals surface area contributed by atoms with Gasteiger partial charge in [0.25, 0.3) is 11.8 Å². The number of aryl methyl sites for hydroxylation is 1. The second-order valence-corrected chi connectivity index (χ2v) is 7.32. The normalized spacial score (nSPS) is 11.4. The number of ether oxygens (including phenoxy) is 3. The molecular weight excluding hydrogens is 400 g/mol. The van der Waals surface area contributed by atoms with Gasteiger partial charge in [0.1, 0.15) is 17.5 Å². The number of anilines is 1. The molecule has 31 heavy (non-hydrogen) atoms. The first-order valence-electron chi connectivity index (χ1n) is 9.80. The second kappa shape index (κ2) is 11.0. The predicted octanol–water partition coefficient (Wildman–Crippen LogP) is 2.95. The van der Waals surface area contributed by atoms with Gasteiger partial charge in [0.15, 0.2) is 6.61 Å². The van der Waals surface area contributed by atoms with Crippen molar-refractivity contribution in [1.29, 1.82) is 0 Å². The number of nitrogens with one attached hydrogen (secondary N) is 2. The Morgan fingerprint density at radius 2 is 1.52 bits per heavy atom. The highest BCUT2D eigenvalue weighted by atomic mass is 16.5. The Bertz CT molecular complexity index is 902. The van der Waals surface area contributed by atoms with Crippen LogP contribution in [0.15, 0.2) is 42.5 Å². The third kappa shape index (κ3) is 7.02. The summed E-state index contributed by atoms with van der Waals surface area (Å²) in [6.45, 7) is 5.02. The summed E-state index contributed by atoms with van der Waals surface area (Å²) < 4.78 is 15.5. The first kappa shape index (κ1) is 23.7. The van der Waals surface area contributed by atoms with Crippen LogP contribution in [0.5, 0.6) is 11.5 Å². The lowest BCUT2D eigenvalue weighted by Crippen LogP contribution is -2.46. The molecule has 0 radical (unpaired) electrons. The van der Waals surface area contributed by atoms with Crippen LogP contribution in [0, 0.1) is 12.8 Å². The summed E-state index contributed by atoms with van der Waals surface area (Å²) in [6.07, 6.45) is 0. The van der Waals surface area contributed by atoms with Gasteiger partial charge in [0, 0.05) is 17.3 Å². The Morgan fingerprint density at radius 1 is 0.935 bits per heavy atom. The molecule has 2 rings (SSSR count). The predicted molar refractivity (Wildman–Crippen MR) is 116 cm³/mol. The van der Waals surface area contributed by atoms with Crippen molar-refractivity contribution in [2.75, 3.05) is 26.1 Å². The van der Waals surface area contributed by atoms with Gasteiger partial charge < -0.3 is 24.8 Å². The second-order valence-electron chi connectivity index (χ2n) is 7.32. The molecule has 0 saturated heterocycles.